The van der Waals surface area contributed by atoms with Crippen LogP contribution in [0, 0.1) is 0 Å². The number of hydrogen-bond acceptors (Lipinski definition) is 1. The predicted molar refractivity (Wildman–Crippen MR) is 293 cm³/mol. The molecule has 1 heteroatoms. The zero-order valence-electron chi connectivity index (χ0n) is 39.5. The Morgan fingerprint density at radius 1 is 0.254 bits per heavy atom. The molecular formula is C70H49N. The molecule has 3 aliphatic rings. The average molecular weight is 904 g/mol. The minimum Gasteiger partial charge on any atom is -0.310 e. The number of rotatable bonds is 8. The van der Waals surface area contributed by atoms with E-state index >= 15 is 0 Å². The summed E-state index contributed by atoms with van der Waals surface area (Å²) in [7, 11) is 0. The van der Waals surface area contributed by atoms with E-state index < -0.39 is 10.8 Å². The van der Waals surface area contributed by atoms with Gasteiger partial charge in [-0.3, -0.25) is 0 Å². The molecule has 0 N–H and O–H groups in total. The van der Waals surface area contributed by atoms with E-state index in [1.54, 1.807) is 0 Å². The summed E-state index contributed by atoms with van der Waals surface area (Å²) in [6.07, 6.45) is 0. The fourth-order valence-electron chi connectivity index (χ4n) is 13.4. The van der Waals surface area contributed by atoms with Crippen LogP contribution in [-0.4, -0.2) is 0 Å². The molecule has 11 aromatic carbocycles. The van der Waals surface area contributed by atoms with Crippen LogP contribution >= 0.6 is 0 Å². The van der Waals surface area contributed by atoms with Gasteiger partial charge in [-0.25, -0.2) is 0 Å². The van der Waals surface area contributed by atoms with Crippen LogP contribution in [0.1, 0.15) is 68.1 Å². The maximum atomic E-state index is 2.58. The molecule has 14 rings (SSSR count). The third-order valence-corrected chi connectivity index (χ3v) is 16.3. The maximum absolute atomic E-state index is 2.58. The Morgan fingerprint density at radius 2 is 0.606 bits per heavy atom. The summed E-state index contributed by atoms with van der Waals surface area (Å²) in [5, 5.41) is 0. The Hall–Kier alpha value is -8.78. The van der Waals surface area contributed by atoms with E-state index in [1.807, 2.05) is 0 Å². The Morgan fingerprint density at radius 3 is 1.13 bits per heavy atom. The normalized spacial score (nSPS) is 16.0. The van der Waals surface area contributed by atoms with Gasteiger partial charge >= 0.3 is 0 Å². The number of nitrogens with zero attached hydrogens (tertiary/aromatic N) is 1. The summed E-state index contributed by atoms with van der Waals surface area (Å²) in [5.74, 6) is 0. The van der Waals surface area contributed by atoms with E-state index in [9.17, 15) is 0 Å². The highest BCUT2D eigenvalue weighted by molar-refractivity contribution is 5.99. The molecule has 1 unspecified atom stereocenters. The standard InChI is InChI=1S/C70H49N/c1-68(48-24-7-2-8-25-48)60-37-20-17-34-55(60)57-44-42-53(46-64(57)68)71(54-43-45-58-56-35-18-21-38-61(56)70(65(58)47-54,51-30-13-5-14-31-51)52-32-15-6-16-33-52)66-41-23-40-63-67(66)59-36-19-22-39-62(59)69(63,49-26-9-3-10-27-49)50-28-11-4-12-29-50/h2-47H,1H3. The van der Waals surface area contributed by atoms with Crippen LogP contribution in [0.5, 0.6) is 0 Å². The van der Waals surface area contributed by atoms with Gasteiger partial charge in [0.1, 0.15) is 0 Å². The zero-order valence-corrected chi connectivity index (χ0v) is 39.5. The van der Waals surface area contributed by atoms with Crippen molar-refractivity contribution in [2.24, 2.45) is 0 Å². The molecule has 0 saturated carbocycles. The summed E-state index contributed by atoms with van der Waals surface area (Å²) in [4.78, 5) is 2.58. The van der Waals surface area contributed by atoms with Gasteiger partial charge in [-0.2, -0.15) is 0 Å². The molecule has 0 fully saturated rings. The molecule has 0 radical (unpaired) electrons. The smallest absolute Gasteiger partial charge is 0.0714 e. The van der Waals surface area contributed by atoms with Crippen molar-refractivity contribution in [2.45, 2.75) is 23.2 Å². The van der Waals surface area contributed by atoms with Crippen molar-refractivity contribution < 1.29 is 0 Å². The van der Waals surface area contributed by atoms with Crippen molar-refractivity contribution in [3.8, 4) is 33.4 Å². The largest absolute Gasteiger partial charge is 0.310 e. The van der Waals surface area contributed by atoms with Crippen LogP contribution in [-0.2, 0) is 16.2 Å². The monoisotopic (exact) mass is 903 g/mol. The van der Waals surface area contributed by atoms with Crippen LogP contribution in [0.4, 0.5) is 17.1 Å². The molecule has 0 aromatic heterocycles. The molecule has 1 nitrogen and oxygen atoms in total. The van der Waals surface area contributed by atoms with Crippen LogP contribution in [0.15, 0.2) is 279 Å². The van der Waals surface area contributed by atoms with E-state index in [4.69, 9.17) is 0 Å². The van der Waals surface area contributed by atoms with Gasteiger partial charge in [0.05, 0.1) is 16.5 Å². The Kier molecular flexibility index (Phi) is 9.22. The third kappa shape index (κ3) is 5.69. The molecule has 0 spiro atoms. The van der Waals surface area contributed by atoms with Crippen molar-refractivity contribution in [1.82, 2.24) is 0 Å². The first-order valence-corrected chi connectivity index (χ1v) is 24.9. The highest BCUT2D eigenvalue weighted by atomic mass is 15.1. The Bertz CT molecular complexity index is 3740. The summed E-state index contributed by atoms with van der Waals surface area (Å²) in [6.45, 7) is 2.42. The number of anilines is 3. The fourth-order valence-corrected chi connectivity index (χ4v) is 13.4. The van der Waals surface area contributed by atoms with Crippen LogP contribution in [0.2, 0.25) is 0 Å². The average Bonchev–Trinajstić information content (AvgIpc) is 4.03. The first-order chi connectivity index (χ1) is 35.1. The van der Waals surface area contributed by atoms with Crippen LogP contribution in [0.3, 0.4) is 0 Å². The van der Waals surface area contributed by atoms with Crippen molar-refractivity contribution in [3.05, 3.63) is 340 Å². The molecule has 334 valence electrons. The highest BCUT2D eigenvalue weighted by Crippen LogP contribution is 2.62. The van der Waals surface area contributed by atoms with Gasteiger partial charge in [-0.15, -0.1) is 0 Å². The van der Waals surface area contributed by atoms with Crippen molar-refractivity contribution in [2.75, 3.05) is 4.90 Å². The molecule has 0 aliphatic heterocycles. The van der Waals surface area contributed by atoms with E-state index in [1.165, 1.54) is 94.6 Å². The predicted octanol–water partition coefficient (Wildman–Crippen LogP) is 17.2. The van der Waals surface area contributed by atoms with Gasteiger partial charge in [0.25, 0.3) is 0 Å². The van der Waals surface area contributed by atoms with Crippen LogP contribution in [0.25, 0.3) is 33.4 Å². The van der Waals surface area contributed by atoms with Gasteiger partial charge in [0, 0.05) is 22.4 Å². The highest BCUT2D eigenvalue weighted by Gasteiger charge is 2.49. The van der Waals surface area contributed by atoms with Crippen molar-refractivity contribution in [3.63, 3.8) is 0 Å². The summed E-state index contributed by atoms with van der Waals surface area (Å²) >= 11 is 0. The first kappa shape index (κ1) is 41.2. The Balaban J connectivity index is 1.09. The van der Waals surface area contributed by atoms with E-state index in [-0.39, 0.29) is 5.41 Å². The second-order valence-corrected chi connectivity index (χ2v) is 19.6. The van der Waals surface area contributed by atoms with E-state index in [0.717, 1.165) is 17.1 Å². The summed E-state index contributed by atoms with van der Waals surface area (Å²) in [5.41, 5.74) is 23.5. The number of fused-ring (bicyclic) bond motifs is 9. The van der Waals surface area contributed by atoms with Crippen LogP contribution < -0.4 is 4.90 Å². The Labute approximate surface area is 416 Å². The maximum Gasteiger partial charge on any atom is 0.0714 e. The van der Waals surface area contributed by atoms with Crippen molar-refractivity contribution >= 4 is 17.1 Å². The van der Waals surface area contributed by atoms with Gasteiger partial charge in [-0.1, -0.05) is 249 Å². The van der Waals surface area contributed by atoms with E-state index in [2.05, 4.69) is 291 Å². The number of benzene rings is 11. The quantitative estimate of drug-likeness (QED) is 0.147. The third-order valence-electron chi connectivity index (χ3n) is 16.3. The summed E-state index contributed by atoms with van der Waals surface area (Å²) < 4.78 is 0. The molecule has 0 saturated heterocycles. The van der Waals surface area contributed by atoms with E-state index in [0.29, 0.717) is 0 Å². The minimum absolute atomic E-state index is 0.384. The molecule has 0 heterocycles. The molecule has 11 aromatic rings. The lowest BCUT2D eigenvalue weighted by atomic mass is 9.67. The van der Waals surface area contributed by atoms with Crippen molar-refractivity contribution in [1.29, 1.82) is 0 Å². The molecule has 1 atom stereocenters. The number of hydrogen-bond donors (Lipinski definition) is 0. The van der Waals surface area contributed by atoms with Gasteiger partial charge in [-0.05, 0) is 126 Å². The second-order valence-electron chi connectivity index (χ2n) is 19.6. The molecular weight excluding hydrogens is 855 g/mol. The summed E-state index contributed by atoms with van der Waals surface area (Å²) in [6, 6.07) is 105. The molecule has 3 aliphatic carbocycles. The first-order valence-electron chi connectivity index (χ1n) is 24.9. The van der Waals surface area contributed by atoms with Gasteiger partial charge in [0.15, 0.2) is 0 Å². The second kappa shape index (κ2) is 15.9. The lowest BCUT2D eigenvalue weighted by Crippen LogP contribution is -2.29. The molecule has 0 amide bonds. The lowest BCUT2D eigenvalue weighted by molar-refractivity contribution is 0.714. The minimum atomic E-state index is -0.567. The lowest BCUT2D eigenvalue weighted by Gasteiger charge is -2.36. The van der Waals surface area contributed by atoms with Gasteiger partial charge < -0.3 is 4.90 Å². The fraction of sp³-hybridized carbons (Fsp3) is 0.0571. The molecule has 71 heavy (non-hydrogen) atoms. The molecule has 0 bridgehead atoms. The zero-order chi connectivity index (χ0) is 47.2. The topological polar surface area (TPSA) is 3.24 Å². The SMILES string of the molecule is CC1(c2ccccc2)c2ccccc2-c2ccc(N(c3ccc4c(c3)C(c3ccccc3)(c3ccccc3)c3ccccc3-4)c3cccc4c3-c3ccccc3C4(c3ccccc3)c3ccccc3)cc21. The van der Waals surface area contributed by atoms with Gasteiger partial charge in [0.2, 0.25) is 0 Å².